The summed E-state index contributed by atoms with van der Waals surface area (Å²) in [5, 5.41) is 0. The average molecular weight is 276 g/mol. The van der Waals surface area contributed by atoms with Crippen LogP contribution in [0.2, 0.25) is 0 Å². The molecule has 104 valence electrons. The van der Waals surface area contributed by atoms with E-state index in [1.54, 1.807) is 0 Å². The third-order valence-electron chi connectivity index (χ3n) is 2.45. The summed E-state index contributed by atoms with van der Waals surface area (Å²) in [6, 6.07) is 2.28. The van der Waals surface area contributed by atoms with Gasteiger partial charge < -0.3 is 9.53 Å². The van der Waals surface area contributed by atoms with Gasteiger partial charge in [-0.05, 0) is 18.6 Å². The Balaban J connectivity index is 2.81. The topological polar surface area (TPSA) is 26.3 Å². The number of carbonyl (C=O) groups is 1. The van der Waals surface area contributed by atoms with Crippen molar-refractivity contribution >= 4 is 12.4 Å². The first-order chi connectivity index (χ1) is 8.88. The molecular weight excluding hydrogens is 264 g/mol. The molecule has 0 amide bonds. The molecule has 1 rings (SSSR count). The lowest BCUT2D eigenvalue weighted by Crippen LogP contribution is -2.09. The smallest absolute Gasteiger partial charge is 0.374 e. The average Bonchev–Trinajstić information content (AvgIpc) is 2.35. The Morgan fingerprint density at radius 3 is 2.53 bits per heavy atom. The molecule has 0 aliphatic heterocycles. The van der Waals surface area contributed by atoms with Gasteiger partial charge in [-0.25, -0.2) is 4.39 Å². The van der Waals surface area contributed by atoms with E-state index in [1.807, 2.05) is 0 Å². The lowest BCUT2D eigenvalue weighted by molar-refractivity contribution is -0.137. The molecule has 1 atom stereocenters. The molecule has 6 heteroatoms. The van der Waals surface area contributed by atoms with Crippen molar-refractivity contribution in [2.45, 2.75) is 18.7 Å². The Hall–Kier alpha value is -1.69. The summed E-state index contributed by atoms with van der Waals surface area (Å²) in [5.41, 5.74) is -1.02. The first-order valence-electron chi connectivity index (χ1n) is 5.40. The Labute approximate surface area is 107 Å². The van der Waals surface area contributed by atoms with Crippen molar-refractivity contribution in [1.29, 1.82) is 0 Å². The zero-order valence-electron chi connectivity index (χ0n) is 10.1. The number of benzene rings is 1. The second kappa shape index (κ2) is 6.47. The van der Waals surface area contributed by atoms with Crippen molar-refractivity contribution in [1.82, 2.24) is 0 Å². The van der Waals surface area contributed by atoms with Gasteiger partial charge in [-0.3, -0.25) is 0 Å². The predicted molar refractivity (Wildman–Crippen MR) is 61.9 cm³/mol. The minimum atomic E-state index is -4.57. The van der Waals surface area contributed by atoms with Gasteiger partial charge in [0.1, 0.15) is 18.2 Å². The van der Waals surface area contributed by atoms with Gasteiger partial charge in [0.2, 0.25) is 0 Å². The molecule has 0 saturated heterocycles. The maximum Gasteiger partial charge on any atom is 0.416 e. The number of carbonyl (C=O) groups excluding carboxylic acids is 1. The fourth-order valence-electron chi connectivity index (χ4n) is 1.38. The normalized spacial score (nSPS) is 13.7. The fourth-order valence-corrected chi connectivity index (χ4v) is 1.38. The molecular formula is C13H12F4O2. The van der Waals surface area contributed by atoms with Gasteiger partial charge in [0.15, 0.2) is 0 Å². The van der Waals surface area contributed by atoms with Gasteiger partial charge in [-0.1, -0.05) is 18.2 Å². The molecule has 2 nitrogen and oxygen atoms in total. The molecule has 0 spiro atoms. The van der Waals surface area contributed by atoms with Gasteiger partial charge >= 0.3 is 6.18 Å². The minimum absolute atomic E-state index is 0.0220. The van der Waals surface area contributed by atoms with E-state index in [4.69, 9.17) is 4.74 Å². The van der Waals surface area contributed by atoms with Crippen molar-refractivity contribution in [2.24, 2.45) is 0 Å². The van der Waals surface area contributed by atoms with Gasteiger partial charge in [-0.2, -0.15) is 13.2 Å². The number of methoxy groups -OCH3 is 1. The summed E-state index contributed by atoms with van der Waals surface area (Å²) < 4.78 is 55.1. The monoisotopic (exact) mass is 276 g/mol. The van der Waals surface area contributed by atoms with Crippen LogP contribution in [0.3, 0.4) is 0 Å². The van der Waals surface area contributed by atoms with Crippen LogP contribution in [0.25, 0.3) is 6.08 Å². The number of aldehydes is 1. The van der Waals surface area contributed by atoms with Crippen LogP contribution in [0.1, 0.15) is 17.5 Å². The van der Waals surface area contributed by atoms with E-state index in [0.29, 0.717) is 12.4 Å². The molecule has 0 fully saturated rings. The van der Waals surface area contributed by atoms with E-state index in [0.717, 1.165) is 12.1 Å². The summed E-state index contributed by atoms with van der Waals surface area (Å²) in [4.78, 5) is 10.4. The first kappa shape index (κ1) is 15.4. The Bertz CT molecular complexity index is 466. The molecule has 0 aliphatic rings. The van der Waals surface area contributed by atoms with Crippen LogP contribution in [0.15, 0.2) is 24.3 Å². The minimum Gasteiger partial charge on any atom is -0.374 e. The number of hydrogen-bond donors (Lipinski definition) is 0. The summed E-state index contributed by atoms with van der Waals surface area (Å²) >= 11 is 0. The number of hydrogen-bond acceptors (Lipinski definition) is 2. The molecule has 0 aliphatic carbocycles. The van der Waals surface area contributed by atoms with Gasteiger partial charge in [0.05, 0.1) is 5.56 Å². The lowest BCUT2D eigenvalue weighted by atomic mass is 10.1. The Morgan fingerprint density at radius 1 is 1.37 bits per heavy atom. The first-order valence-corrected chi connectivity index (χ1v) is 5.40. The molecule has 0 aromatic heterocycles. The number of halogens is 4. The van der Waals surface area contributed by atoms with Crippen molar-refractivity contribution in [3.05, 3.63) is 41.2 Å². The van der Waals surface area contributed by atoms with Gasteiger partial charge in [0, 0.05) is 12.7 Å². The van der Waals surface area contributed by atoms with Crippen LogP contribution >= 0.6 is 0 Å². The summed E-state index contributed by atoms with van der Waals surface area (Å²) in [5.74, 6) is -0.967. The second-order valence-corrected chi connectivity index (χ2v) is 3.78. The highest BCUT2D eigenvalue weighted by molar-refractivity contribution is 5.57. The van der Waals surface area contributed by atoms with Crippen molar-refractivity contribution < 1.29 is 27.1 Å². The lowest BCUT2D eigenvalue weighted by Gasteiger charge is -2.07. The van der Waals surface area contributed by atoms with E-state index >= 15 is 0 Å². The highest BCUT2D eigenvalue weighted by Gasteiger charge is 2.30. The standard InChI is InChI=1S/C13H12F4O2/c1-19-11(8-18)4-2-3-9-5-6-10(7-12(9)14)13(15,16)17/h2-3,5-8,11H,4H2,1H3/b3-2+/t11-/m1/s1. The van der Waals surface area contributed by atoms with Crippen LogP contribution in [-0.4, -0.2) is 19.5 Å². The van der Waals surface area contributed by atoms with Crippen molar-refractivity contribution in [2.75, 3.05) is 7.11 Å². The van der Waals surface area contributed by atoms with E-state index in [2.05, 4.69) is 0 Å². The highest BCUT2D eigenvalue weighted by Crippen LogP contribution is 2.30. The Kier molecular flexibility index (Phi) is 5.23. The molecule has 0 N–H and O–H groups in total. The molecule has 1 aromatic rings. The zero-order valence-corrected chi connectivity index (χ0v) is 10.1. The SMILES string of the molecule is CO[C@@H](C=O)C/C=C/c1ccc(C(F)(F)F)cc1F. The van der Waals surface area contributed by atoms with Crippen molar-refractivity contribution in [3.8, 4) is 0 Å². The third kappa shape index (κ3) is 4.48. The summed E-state index contributed by atoms with van der Waals surface area (Å²) in [6.07, 6.45) is -1.62. The molecule has 0 unspecified atom stereocenters. The maximum atomic E-state index is 13.4. The van der Waals surface area contributed by atoms with Gasteiger partial charge in [-0.15, -0.1) is 0 Å². The van der Waals surface area contributed by atoms with Gasteiger partial charge in [0.25, 0.3) is 0 Å². The molecule has 0 heterocycles. The number of ether oxygens (including phenoxy) is 1. The van der Waals surface area contributed by atoms with E-state index in [9.17, 15) is 22.4 Å². The van der Waals surface area contributed by atoms with E-state index in [-0.39, 0.29) is 12.0 Å². The predicted octanol–water partition coefficient (Wildman–Crippen LogP) is 3.46. The molecule has 0 radical (unpaired) electrons. The molecule has 19 heavy (non-hydrogen) atoms. The van der Waals surface area contributed by atoms with Crippen LogP contribution in [0.4, 0.5) is 17.6 Å². The molecule has 0 saturated carbocycles. The fraction of sp³-hybridized carbons (Fsp3) is 0.308. The summed E-state index contributed by atoms with van der Waals surface area (Å²) in [7, 11) is 1.35. The Morgan fingerprint density at radius 2 is 2.05 bits per heavy atom. The molecule has 1 aromatic carbocycles. The van der Waals surface area contributed by atoms with Crippen LogP contribution in [-0.2, 0) is 15.7 Å². The number of alkyl halides is 3. The number of rotatable bonds is 5. The summed E-state index contributed by atoms with van der Waals surface area (Å²) in [6.45, 7) is 0. The van der Waals surface area contributed by atoms with Crippen LogP contribution < -0.4 is 0 Å². The molecule has 0 bridgehead atoms. The van der Waals surface area contributed by atoms with E-state index in [1.165, 1.54) is 19.3 Å². The van der Waals surface area contributed by atoms with E-state index < -0.39 is 23.7 Å². The zero-order chi connectivity index (χ0) is 14.5. The second-order valence-electron chi connectivity index (χ2n) is 3.78. The largest absolute Gasteiger partial charge is 0.416 e. The van der Waals surface area contributed by atoms with Crippen LogP contribution in [0.5, 0.6) is 0 Å². The highest BCUT2D eigenvalue weighted by atomic mass is 19.4. The maximum absolute atomic E-state index is 13.4. The quantitative estimate of drug-likeness (QED) is 0.608. The third-order valence-corrected chi connectivity index (χ3v) is 2.45. The van der Waals surface area contributed by atoms with Crippen molar-refractivity contribution in [3.63, 3.8) is 0 Å². The van der Waals surface area contributed by atoms with Crippen LogP contribution in [0, 0.1) is 5.82 Å².